The predicted molar refractivity (Wildman–Crippen MR) is 146 cm³/mol. The topological polar surface area (TPSA) is 82.9 Å². The summed E-state index contributed by atoms with van der Waals surface area (Å²) in [6.45, 7) is 6.69. The van der Waals surface area contributed by atoms with Crippen LogP contribution in [0, 0.1) is 19.7 Å². The fourth-order valence-electron chi connectivity index (χ4n) is 6.30. The predicted octanol–water partition coefficient (Wildman–Crippen LogP) is 4.69. The van der Waals surface area contributed by atoms with E-state index in [1.54, 1.807) is 6.07 Å². The minimum Gasteiger partial charge on any atom is -0.367 e. The molecule has 198 valence electrons. The van der Waals surface area contributed by atoms with Crippen LogP contribution in [0.2, 0.25) is 0 Å². The Balaban J connectivity index is 1.41. The Morgan fingerprint density at radius 2 is 1.76 bits per heavy atom. The van der Waals surface area contributed by atoms with Gasteiger partial charge in [-0.05, 0) is 72.3 Å². The summed E-state index contributed by atoms with van der Waals surface area (Å²) in [4.78, 5) is 21.2. The molecule has 0 spiro atoms. The van der Waals surface area contributed by atoms with Gasteiger partial charge < -0.3 is 9.88 Å². The minimum absolute atomic E-state index is 0.121. The minimum atomic E-state index is -0.399. The van der Waals surface area contributed by atoms with Gasteiger partial charge in [-0.25, -0.2) is 9.07 Å². The number of pyridine rings is 1. The second-order valence-corrected chi connectivity index (χ2v) is 10.8. The van der Waals surface area contributed by atoms with Crippen LogP contribution in [0.15, 0.2) is 47.3 Å². The first-order chi connectivity index (χ1) is 18.5. The van der Waals surface area contributed by atoms with Crippen LogP contribution >= 0.6 is 0 Å². The quantitative estimate of drug-likeness (QED) is 0.415. The molecule has 0 amide bonds. The molecule has 2 aromatic heterocycles. The highest BCUT2D eigenvalue weighted by molar-refractivity contribution is 5.83. The monoisotopic (exact) mass is 515 g/mol. The van der Waals surface area contributed by atoms with Crippen molar-refractivity contribution in [2.24, 2.45) is 0 Å². The van der Waals surface area contributed by atoms with Gasteiger partial charge in [0.05, 0.1) is 17.2 Å². The summed E-state index contributed by atoms with van der Waals surface area (Å²) in [5.74, 6) is 0.501. The Hall–Kier alpha value is -3.59. The van der Waals surface area contributed by atoms with Gasteiger partial charge in [0.1, 0.15) is 11.9 Å². The van der Waals surface area contributed by atoms with E-state index in [1.807, 2.05) is 29.8 Å². The molecule has 1 saturated carbocycles. The number of hydrogen-bond donors (Lipinski definition) is 1. The van der Waals surface area contributed by atoms with Gasteiger partial charge in [0.25, 0.3) is 5.56 Å². The number of rotatable bonds is 5. The number of fused-ring (bicyclic) bond motifs is 1. The largest absolute Gasteiger partial charge is 0.367 e. The first kappa shape index (κ1) is 24.7. The third-order valence-electron chi connectivity index (χ3n) is 8.17. The fourth-order valence-corrected chi connectivity index (χ4v) is 6.30. The maximum atomic E-state index is 14.5. The first-order valence-corrected chi connectivity index (χ1v) is 13.6. The highest BCUT2D eigenvalue weighted by Gasteiger charge is 2.34. The van der Waals surface area contributed by atoms with Crippen LogP contribution in [0.3, 0.4) is 0 Å². The van der Waals surface area contributed by atoms with E-state index < -0.39 is 6.04 Å². The van der Waals surface area contributed by atoms with E-state index in [0.717, 1.165) is 47.7 Å². The molecule has 1 aliphatic carbocycles. The zero-order chi connectivity index (χ0) is 26.2. The van der Waals surface area contributed by atoms with E-state index in [0.29, 0.717) is 43.3 Å². The molecule has 3 heterocycles. The zero-order valence-electron chi connectivity index (χ0n) is 22.0. The highest BCUT2D eigenvalue weighted by atomic mass is 19.1. The Labute approximate surface area is 221 Å². The third-order valence-corrected chi connectivity index (χ3v) is 8.17. The Bertz CT molecular complexity index is 1500. The lowest BCUT2D eigenvalue weighted by molar-refractivity contribution is 0.192. The molecule has 0 bridgehead atoms. The van der Waals surface area contributed by atoms with Crippen LogP contribution in [-0.4, -0.2) is 56.3 Å². The summed E-state index contributed by atoms with van der Waals surface area (Å²) in [5.41, 5.74) is 4.20. The molecule has 0 radical (unpaired) electrons. The van der Waals surface area contributed by atoms with Crippen LogP contribution in [0.25, 0.3) is 10.9 Å². The molecule has 9 heteroatoms. The molecule has 2 aliphatic rings. The number of aryl methyl sites for hydroxylation is 2. The summed E-state index contributed by atoms with van der Waals surface area (Å²) < 4.78 is 16.5. The van der Waals surface area contributed by atoms with Crippen molar-refractivity contribution in [3.8, 4) is 0 Å². The van der Waals surface area contributed by atoms with Crippen molar-refractivity contribution in [1.29, 1.82) is 0 Å². The number of halogens is 1. The van der Waals surface area contributed by atoms with E-state index in [4.69, 9.17) is 0 Å². The molecule has 1 aliphatic heterocycles. The molecule has 1 N–H and O–H groups in total. The van der Waals surface area contributed by atoms with Crippen molar-refractivity contribution in [2.75, 3.05) is 31.1 Å². The van der Waals surface area contributed by atoms with E-state index in [2.05, 4.69) is 49.4 Å². The third kappa shape index (κ3) is 4.60. The highest BCUT2D eigenvalue weighted by Crippen LogP contribution is 2.34. The van der Waals surface area contributed by atoms with Gasteiger partial charge >= 0.3 is 0 Å². The number of hydrogen-bond acceptors (Lipinski definition) is 6. The lowest BCUT2D eigenvalue weighted by atomic mass is 9.95. The number of benzene rings is 2. The van der Waals surface area contributed by atoms with Gasteiger partial charge in [0.2, 0.25) is 0 Å². The molecule has 1 saturated heterocycles. The number of nitrogens with zero attached hydrogens (tertiary/aromatic N) is 6. The van der Waals surface area contributed by atoms with Gasteiger partial charge in [-0.1, -0.05) is 43.0 Å². The molecule has 0 unspecified atom stereocenters. The number of anilines is 1. The number of piperazine rings is 1. The summed E-state index contributed by atoms with van der Waals surface area (Å²) >= 11 is 0. The number of H-pyrrole nitrogens is 1. The van der Waals surface area contributed by atoms with Gasteiger partial charge in [0.15, 0.2) is 5.82 Å². The molecule has 2 fully saturated rings. The number of nitrogens with one attached hydrogen (secondary N) is 1. The number of aromatic nitrogens is 5. The first-order valence-electron chi connectivity index (χ1n) is 13.6. The Morgan fingerprint density at radius 1 is 1.00 bits per heavy atom. The molecule has 4 aromatic rings. The van der Waals surface area contributed by atoms with Crippen LogP contribution in [-0.2, 0) is 0 Å². The van der Waals surface area contributed by atoms with Crippen molar-refractivity contribution in [3.63, 3.8) is 0 Å². The van der Waals surface area contributed by atoms with Crippen molar-refractivity contribution in [2.45, 2.75) is 58.0 Å². The number of tetrazole rings is 1. The Morgan fingerprint density at radius 3 is 2.53 bits per heavy atom. The van der Waals surface area contributed by atoms with Crippen LogP contribution in [0.5, 0.6) is 0 Å². The van der Waals surface area contributed by atoms with Gasteiger partial charge in [-0.15, -0.1) is 5.10 Å². The van der Waals surface area contributed by atoms with E-state index in [1.165, 1.54) is 12.5 Å². The van der Waals surface area contributed by atoms with Gasteiger partial charge in [0, 0.05) is 31.7 Å². The van der Waals surface area contributed by atoms with Crippen LogP contribution < -0.4 is 10.5 Å². The summed E-state index contributed by atoms with van der Waals surface area (Å²) in [6, 6.07) is 13.0. The van der Waals surface area contributed by atoms with Gasteiger partial charge in [-0.3, -0.25) is 9.69 Å². The molecular weight excluding hydrogens is 481 g/mol. The number of para-hydroxylation sites is 1. The second-order valence-electron chi connectivity index (χ2n) is 10.8. The summed E-state index contributed by atoms with van der Waals surface area (Å²) in [6.07, 6.45) is 5.63. The zero-order valence-corrected chi connectivity index (χ0v) is 22.0. The maximum absolute atomic E-state index is 14.5. The summed E-state index contributed by atoms with van der Waals surface area (Å²) in [7, 11) is 0. The smallest absolute Gasteiger partial charge is 0.253 e. The van der Waals surface area contributed by atoms with Crippen molar-refractivity contribution in [1.82, 2.24) is 30.1 Å². The van der Waals surface area contributed by atoms with Crippen molar-refractivity contribution >= 4 is 16.6 Å². The molecule has 6 rings (SSSR count). The molecule has 1 atom stereocenters. The summed E-state index contributed by atoms with van der Waals surface area (Å²) in [5, 5.41) is 14.1. The molecule has 38 heavy (non-hydrogen) atoms. The van der Waals surface area contributed by atoms with Crippen molar-refractivity contribution in [3.05, 3.63) is 81.2 Å². The molecule has 2 aromatic carbocycles. The lowest BCUT2D eigenvalue weighted by Crippen LogP contribution is -2.49. The molecular formula is C29H34FN7O. The SMILES string of the molecule is Cc1cc(C)c2[nH]c(=O)c([C@@H](c3nnnn3C3CCCCC3)N3CCN(c4ccccc4F)CC3)cc2c1. The van der Waals surface area contributed by atoms with Gasteiger partial charge in [-0.2, -0.15) is 0 Å². The standard InChI is InChI=1S/C29H34FN7O/c1-19-16-20(2)26-21(17-19)18-23(29(38)31-26)27(28-32-33-34-37(28)22-8-4-3-5-9-22)36-14-12-35(13-15-36)25-11-7-6-10-24(25)30/h6-7,10-11,16-18,22,27H,3-5,8-9,12-15H2,1-2H3,(H,31,38)/t27-/m0/s1. The second kappa shape index (κ2) is 10.3. The van der Waals surface area contributed by atoms with Crippen LogP contribution in [0.1, 0.15) is 66.7 Å². The van der Waals surface area contributed by atoms with E-state index in [9.17, 15) is 9.18 Å². The van der Waals surface area contributed by atoms with E-state index in [-0.39, 0.29) is 17.4 Å². The average molecular weight is 516 g/mol. The lowest BCUT2D eigenvalue weighted by Gasteiger charge is -2.40. The van der Waals surface area contributed by atoms with Crippen molar-refractivity contribution < 1.29 is 4.39 Å². The molecule has 8 nitrogen and oxygen atoms in total. The maximum Gasteiger partial charge on any atom is 0.253 e. The normalized spacial score (nSPS) is 18.2. The van der Waals surface area contributed by atoms with E-state index >= 15 is 0 Å². The average Bonchev–Trinajstić information content (AvgIpc) is 3.40. The fraction of sp³-hybridized carbons (Fsp3) is 0.448. The Kier molecular flexibility index (Phi) is 6.69. The number of aromatic amines is 1. The van der Waals surface area contributed by atoms with Crippen LogP contribution in [0.4, 0.5) is 10.1 Å².